The fourth-order valence-corrected chi connectivity index (χ4v) is 2.50. The number of nitrogens with zero attached hydrogens (tertiary/aromatic N) is 1. The minimum Gasteiger partial charge on any atom is -0.497 e. The standard InChI is InChI=1S/C15H22N2O2.ClH/c1-3-10-17(13-8-9-16-11-13)15(18)12-4-6-14(19-2)7-5-12;/h4-7,13,16H,3,8-11H2,1-2H3;1H. The summed E-state index contributed by atoms with van der Waals surface area (Å²) in [6.45, 7) is 4.83. The zero-order valence-corrected chi connectivity index (χ0v) is 12.9. The molecule has 0 aromatic heterocycles. The molecule has 1 aliphatic heterocycles. The highest BCUT2D eigenvalue weighted by Gasteiger charge is 2.26. The van der Waals surface area contributed by atoms with Crippen molar-refractivity contribution < 1.29 is 9.53 Å². The number of carbonyl (C=O) groups excluding carboxylic acids is 1. The van der Waals surface area contributed by atoms with Crippen LogP contribution in [0.1, 0.15) is 30.1 Å². The van der Waals surface area contributed by atoms with Gasteiger partial charge in [0, 0.05) is 24.7 Å². The van der Waals surface area contributed by atoms with Crippen LogP contribution in [0.5, 0.6) is 5.75 Å². The van der Waals surface area contributed by atoms with Crippen molar-refractivity contribution in [1.29, 1.82) is 0 Å². The van der Waals surface area contributed by atoms with Crippen molar-refractivity contribution >= 4 is 18.3 Å². The van der Waals surface area contributed by atoms with Crippen LogP contribution in [0.2, 0.25) is 0 Å². The Morgan fingerprint density at radius 1 is 1.40 bits per heavy atom. The Bertz CT molecular complexity index is 416. The van der Waals surface area contributed by atoms with Gasteiger partial charge in [-0.2, -0.15) is 0 Å². The van der Waals surface area contributed by atoms with Crippen molar-refractivity contribution in [2.24, 2.45) is 0 Å². The van der Waals surface area contributed by atoms with Crippen LogP contribution in [0.15, 0.2) is 24.3 Å². The lowest BCUT2D eigenvalue weighted by Crippen LogP contribution is -2.42. The van der Waals surface area contributed by atoms with Gasteiger partial charge in [0.15, 0.2) is 0 Å². The zero-order valence-electron chi connectivity index (χ0n) is 12.1. The Hall–Kier alpha value is -1.26. The average Bonchev–Trinajstić information content (AvgIpc) is 2.98. The van der Waals surface area contributed by atoms with Crippen molar-refractivity contribution in [3.05, 3.63) is 29.8 Å². The van der Waals surface area contributed by atoms with Crippen LogP contribution in [0.3, 0.4) is 0 Å². The quantitative estimate of drug-likeness (QED) is 0.907. The zero-order chi connectivity index (χ0) is 13.7. The van der Waals surface area contributed by atoms with Crippen molar-refractivity contribution in [1.82, 2.24) is 10.2 Å². The maximum Gasteiger partial charge on any atom is 0.254 e. The lowest BCUT2D eigenvalue weighted by molar-refractivity contribution is 0.0692. The summed E-state index contributed by atoms with van der Waals surface area (Å²) >= 11 is 0. The molecule has 0 radical (unpaired) electrons. The van der Waals surface area contributed by atoms with Gasteiger partial charge in [-0.15, -0.1) is 12.4 Å². The molecule has 1 fully saturated rings. The molecule has 1 atom stereocenters. The predicted molar refractivity (Wildman–Crippen MR) is 82.8 cm³/mol. The summed E-state index contributed by atoms with van der Waals surface area (Å²) in [7, 11) is 1.63. The molecule has 1 saturated heterocycles. The number of halogens is 1. The number of benzene rings is 1. The highest BCUT2D eigenvalue weighted by Crippen LogP contribution is 2.17. The number of hydrogen-bond acceptors (Lipinski definition) is 3. The first-order chi connectivity index (χ1) is 9.26. The van der Waals surface area contributed by atoms with Gasteiger partial charge in [-0.25, -0.2) is 0 Å². The molecule has 4 nitrogen and oxygen atoms in total. The first kappa shape index (κ1) is 16.8. The smallest absolute Gasteiger partial charge is 0.254 e. The van der Waals surface area contributed by atoms with Crippen molar-refractivity contribution in [2.75, 3.05) is 26.7 Å². The van der Waals surface area contributed by atoms with Gasteiger partial charge < -0.3 is 15.0 Å². The first-order valence-corrected chi connectivity index (χ1v) is 6.92. The van der Waals surface area contributed by atoms with E-state index in [0.717, 1.165) is 43.8 Å². The van der Waals surface area contributed by atoms with Gasteiger partial charge in [0.25, 0.3) is 5.91 Å². The topological polar surface area (TPSA) is 41.6 Å². The molecule has 20 heavy (non-hydrogen) atoms. The summed E-state index contributed by atoms with van der Waals surface area (Å²) < 4.78 is 5.12. The van der Waals surface area contributed by atoms with E-state index >= 15 is 0 Å². The Morgan fingerprint density at radius 2 is 2.10 bits per heavy atom. The van der Waals surface area contributed by atoms with Gasteiger partial charge in [-0.1, -0.05) is 6.92 Å². The number of amides is 1. The average molecular weight is 299 g/mol. The molecule has 1 aliphatic rings. The van der Waals surface area contributed by atoms with E-state index in [2.05, 4.69) is 12.2 Å². The van der Waals surface area contributed by atoms with E-state index in [1.54, 1.807) is 7.11 Å². The summed E-state index contributed by atoms with van der Waals surface area (Å²) in [5.74, 6) is 0.902. The molecule has 5 heteroatoms. The maximum atomic E-state index is 12.6. The first-order valence-electron chi connectivity index (χ1n) is 6.92. The normalized spacial score (nSPS) is 17.4. The van der Waals surface area contributed by atoms with E-state index in [-0.39, 0.29) is 18.3 Å². The SMILES string of the molecule is CCCN(C(=O)c1ccc(OC)cc1)C1CCNC1.Cl. The van der Waals surface area contributed by atoms with Crippen LogP contribution >= 0.6 is 12.4 Å². The molecular weight excluding hydrogens is 276 g/mol. The van der Waals surface area contributed by atoms with Crippen LogP contribution in [-0.4, -0.2) is 43.6 Å². The Morgan fingerprint density at radius 3 is 2.60 bits per heavy atom. The molecule has 0 aliphatic carbocycles. The molecule has 112 valence electrons. The third-order valence-corrected chi connectivity index (χ3v) is 3.54. The molecule has 1 amide bonds. The van der Waals surface area contributed by atoms with Crippen LogP contribution in [0, 0.1) is 0 Å². The molecule has 0 bridgehead atoms. The maximum absolute atomic E-state index is 12.6. The molecule has 1 N–H and O–H groups in total. The van der Waals surface area contributed by atoms with Gasteiger partial charge in [0.2, 0.25) is 0 Å². The minimum absolute atomic E-state index is 0. The number of hydrogen-bond donors (Lipinski definition) is 1. The van der Waals surface area contributed by atoms with E-state index < -0.39 is 0 Å². The Kier molecular flexibility index (Phi) is 6.82. The largest absolute Gasteiger partial charge is 0.497 e. The van der Waals surface area contributed by atoms with Crippen molar-refractivity contribution in [3.63, 3.8) is 0 Å². The second-order valence-electron chi connectivity index (χ2n) is 4.87. The summed E-state index contributed by atoms with van der Waals surface area (Å²) in [5, 5.41) is 3.32. The van der Waals surface area contributed by atoms with E-state index in [0.29, 0.717) is 6.04 Å². The monoisotopic (exact) mass is 298 g/mol. The van der Waals surface area contributed by atoms with E-state index in [9.17, 15) is 4.79 Å². The summed E-state index contributed by atoms with van der Waals surface area (Å²) in [6.07, 6.45) is 2.03. The molecule has 2 rings (SSSR count). The third kappa shape index (κ3) is 3.87. The minimum atomic E-state index is 0. The van der Waals surface area contributed by atoms with Gasteiger partial charge in [-0.05, 0) is 43.7 Å². The molecule has 1 aromatic rings. The molecule has 0 spiro atoms. The molecular formula is C15H23ClN2O2. The number of methoxy groups -OCH3 is 1. The molecule has 1 aromatic carbocycles. The summed E-state index contributed by atoms with van der Waals surface area (Å²) in [5.41, 5.74) is 0.737. The molecule has 0 saturated carbocycles. The second-order valence-corrected chi connectivity index (χ2v) is 4.87. The van der Waals surface area contributed by atoms with Crippen molar-refractivity contribution in [2.45, 2.75) is 25.8 Å². The van der Waals surface area contributed by atoms with E-state index in [1.807, 2.05) is 29.2 Å². The Labute approximate surface area is 126 Å². The fraction of sp³-hybridized carbons (Fsp3) is 0.533. The van der Waals surface area contributed by atoms with Crippen LogP contribution < -0.4 is 10.1 Å². The van der Waals surface area contributed by atoms with Crippen LogP contribution in [0.4, 0.5) is 0 Å². The van der Waals surface area contributed by atoms with Crippen molar-refractivity contribution in [3.8, 4) is 5.75 Å². The highest BCUT2D eigenvalue weighted by atomic mass is 35.5. The summed E-state index contributed by atoms with van der Waals surface area (Å²) in [6, 6.07) is 7.68. The number of nitrogens with one attached hydrogen (secondary N) is 1. The number of carbonyl (C=O) groups is 1. The number of ether oxygens (including phenoxy) is 1. The van der Waals surface area contributed by atoms with E-state index in [1.165, 1.54) is 0 Å². The van der Waals surface area contributed by atoms with Gasteiger partial charge in [-0.3, -0.25) is 4.79 Å². The predicted octanol–water partition coefficient (Wildman–Crippen LogP) is 2.33. The lowest BCUT2D eigenvalue weighted by Gasteiger charge is -2.28. The van der Waals surface area contributed by atoms with Gasteiger partial charge in [0.05, 0.1) is 7.11 Å². The lowest BCUT2D eigenvalue weighted by atomic mass is 10.1. The number of rotatable bonds is 5. The van der Waals surface area contributed by atoms with Gasteiger partial charge in [0.1, 0.15) is 5.75 Å². The second kappa shape index (κ2) is 8.12. The highest BCUT2D eigenvalue weighted by molar-refractivity contribution is 5.94. The van der Waals surface area contributed by atoms with Crippen LogP contribution in [0.25, 0.3) is 0 Å². The third-order valence-electron chi connectivity index (χ3n) is 3.54. The summed E-state index contributed by atoms with van der Waals surface area (Å²) in [4.78, 5) is 14.6. The van der Waals surface area contributed by atoms with Gasteiger partial charge >= 0.3 is 0 Å². The fourth-order valence-electron chi connectivity index (χ4n) is 2.50. The molecule has 1 heterocycles. The molecule has 1 unspecified atom stereocenters. The van der Waals surface area contributed by atoms with Crippen LogP contribution in [-0.2, 0) is 0 Å². The Balaban J connectivity index is 0.00000200. The van der Waals surface area contributed by atoms with E-state index in [4.69, 9.17) is 4.74 Å².